The van der Waals surface area contributed by atoms with Crippen LogP contribution in [-0.4, -0.2) is 0 Å². The van der Waals surface area contributed by atoms with Crippen LogP contribution in [0.15, 0.2) is 23.3 Å². The second kappa shape index (κ2) is 10.4. The van der Waals surface area contributed by atoms with Crippen molar-refractivity contribution >= 4 is 0 Å². The van der Waals surface area contributed by atoms with Crippen molar-refractivity contribution in [2.24, 2.45) is 5.92 Å². The summed E-state index contributed by atoms with van der Waals surface area (Å²) in [5, 5.41) is 0. The molecule has 0 rings (SSSR count). The summed E-state index contributed by atoms with van der Waals surface area (Å²) in [6.45, 7) is 15.4. The van der Waals surface area contributed by atoms with E-state index in [1.807, 2.05) is 0 Å². The van der Waals surface area contributed by atoms with Crippen molar-refractivity contribution < 1.29 is 0 Å². The summed E-state index contributed by atoms with van der Waals surface area (Å²) in [6.07, 6.45) is 10.4. The third-order valence-electron chi connectivity index (χ3n) is 3.89. The van der Waals surface area contributed by atoms with Gasteiger partial charge >= 0.3 is 0 Å². The lowest BCUT2D eigenvalue weighted by Crippen LogP contribution is -1.97. The molecule has 0 amide bonds. The molecule has 0 heteroatoms. The molecule has 0 fully saturated rings. The number of allylic oxidation sites excluding steroid dienone is 3. The Bertz CT molecular complexity index is 257. The molecule has 0 aromatic heterocycles. The maximum atomic E-state index is 3.97. The third kappa shape index (κ3) is 8.55. The molecule has 0 aliphatic rings. The van der Waals surface area contributed by atoms with Crippen LogP contribution in [0, 0.1) is 5.92 Å². The lowest BCUT2D eigenvalue weighted by atomic mass is 9.92. The SMILES string of the molecule is C=C(C)CCCC(C)CCC(C)=C(CC)CCC. The monoisotopic (exact) mass is 250 g/mol. The average molecular weight is 250 g/mol. The van der Waals surface area contributed by atoms with Crippen LogP contribution in [0.4, 0.5) is 0 Å². The normalized spacial score (nSPS) is 14.3. The Morgan fingerprint density at radius 1 is 1.00 bits per heavy atom. The molecule has 0 aromatic carbocycles. The summed E-state index contributed by atoms with van der Waals surface area (Å²) >= 11 is 0. The number of hydrogen-bond donors (Lipinski definition) is 0. The van der Waals surface area contributed by atoms with E-state index >= 15 is 0 Å². The summed E-state index contributed by atoms with van der Waals surface area (Å²) in [5.74, 6) is 0.860. The van der Waals surface area contributed by atoms with Crippen LogP contribution in [0.2, 0.25) is 0 Å². The molecule has 0 N–H and O–H groups in total. The van der Waals surface area contributed by atoms with Gasteiger partial charge in [-0.1, -0.05) is 50.3 Å². The maximum Gasteiger partial charge on any atom is -0.0318 e. The van der Waals surface area contributed by atoms with E-state index in [2.05, 4.69) is 41.2 Å². The molecule has 1 unspecified atom stereocenters. The molecular formula is C18H34. The van der Waals surface area contributed by atoms with Crippen LogP contribution in [0.5, 0.6) is 0 Å². The van der Waals surface area contributed by atoms with Gasteiger partial charge in [0.15, 0.2) is 0 Å². The fraction of sp³-hybridized carbons (Fsp3) is 0.778. The summed E-state index contributed by atoms with van der Waals surface area (Å²) in [7, 11) is 0. The standard InChI is InChI=1S/C18H34/c1-7-10-18(8-2)17(6)14-13-16(5)12-9-11-15(3)4/h16H,3,7-14H2,1-2,4-6H3. The Kier molecular flexibility index (Phi) is 10.1. The highest BCUT2D eigenvalue weighted by Crippen LogP contribution is 2.23. The predicted octanol–water partition coefficient (Wildman–Crippen LogP) is 6.68. The highest BCUT2D eigenvalue weighted by Gasteiger charge is 2.05. The lowest BCUT2D eigenvalue weighted by Gasteiger charge is -2.14. The molecular weight excluding hydrogens is 216 g/mol. The molecule has 1 atom stereocenters. The van der Waals surface area contributed by atoms with Crippen LogP contribution in [0.25, 0.3) is 0 Å². The van der Waals surface area contributed by atoms with Crippen LogP contribution in [0.3, 0.4) is 0 Å². The molecule has 0 aliphatic carbocycles. The van der Waals surface area contributed by atoms with Crippen LogP contribution in [0.1, 0.15) is 86.0 Å². The highest BCUT2D eigenvalue weighted by molar-refractivity contribution is 5.11. The number of rotatable bonds is 10. The first-order valence-corrected chi connectivity index (χ1v) is 7.83. The van der Waals surface area contributed by atoms with Gasteiger partial charge in [0.25, 0.3) is 0 Å². The zero-order chi connectivity index (χ0) is 14.0. The average Bonchev–Trinajstić information content (AvgIpc) is 2.32. The van der Waals surface area contributed by atoms with Crippen LogP contribution >= 0.6 is 0 Å². The van der Waals surface area contributed by atoms with Crippen molar-refractivity contribution in [3.63, 3.8) is 0 Å². The second-order valence-corrected chi connectivity index (χ2v) is 5.98. The zero-order valence-electron chi connectivity index (χ0n) is 13.4. The van der Waals surface area contributed by atoms with E-state index < -0.39 is 0 Å². The Labute approximate surface area is 116 Å². The Morgan fingerprint density at radius 3 is 2.17 bits per heavy atom. The van der Waals surface area contributed by atoms with Gasteiger partial charge in [-0.2, -0.15) is 0 Å². The quantitative estimate of drug-likeness (QED) is 0.379. The molecule has 0 aromatic rings. The van der Waals surface area contributed by atoms with Gasteiger partial charge in [0.05, 0.1) is 0 Å². The fourth-order valence-electron chi connectivity index (χ4n) is 2.53. The van der Waals surface area contributed by atoms with E-state index in [1.54, 1.807) is 11.1 Å². The Hall–Kier alpha value is -0.520. The maximum absolute atomic E-state index is 3.97. The third-order valence-corrected chi connectivity index (χ3v) is 3.89. The van der Waals surface area contributed by atoms with Gasteiger partial charge in [-0.3, -0.25) is 0 Å². The minimum atomic E-state index is 0.860. The molecule has 0 radical (unpaired) electrons. The summed E-state index contributed by atoms with van der Waals surface area (Å²) < 4.78 is 0. The van der Waals surface area contributed by atoms with E-state index in [-0.39, 0.29) is 0 Å². The largest absolute Gasteiger partial charge is 0.100 e. The summed E-state index contributed by atoms with van der Waals surface area (Å²) in [4.78, 5) is 0. The molecule has 106 valence electrons. The van der Waals surface area contributed by atoms with Crippen molar-refractivity contribution in [2.45, 2.75) is 86.0 Å². The van der Waals surface area contributed by atoms with Gasteiger partial charge in [-0.15, -0.1) is 6.58 Å². The topological polar surface area (TPSA) is 0 Å². The van der Waals surface area contributed by atoms with E-state index in [0.29, 0.717) is 0 Å². The van der Waals surface area contributed by atoms with Gasteiger partial charge in [0.2, 0.25) is 0 Å². The molecule has 0 heterocycles. The van der Waals surface area contributed by atoms with Crippen molar-refractivity contribution in [1.29, 1.82) is 0 Å². The molecule has 0 nitrogen and oxygen atoms in total. The van der Waals surface area contributed by atoms with Crippen LogP contribution < -0.4 is 0 Å². The van der Waals surface area contributed by atoms with Crippen molar-refractivity contribution in [2.75, 3.05) is 0 Å². The molecule has 0 spiro atoms. The first kappa shape index (κ1) is 17.5. The molecule has 0 saturated carbocycles. The first-order chi connectivity index (χ1) is 8.51. The lowest BCUT2D eigenvalue weighted by molar-refractivity contribution is 0.472. The summed E-state index contributed by atoms with van der Waals surface area (Å²) in [6, 6.07) is 0. The smallest absolute Gasteiger partial charge is 0.0318 e. The minimum absolute atomic E-state index is 0.860. The predicted molar refractivity (Wildman–Crippen MR) is 85.0 cm³/mol. The first-order valence-electron chi connectivity index (χ1n) is 7.83. The van der Waals surface area contributed by atoms with Gasteiger partial charge in [-0.05, 0) is 58.3 Å². The van der Waals surface area contributed by atoms with E-state index in [4.69, 9.17) is 0 Å². The highest BCUT2D eigenvalue weighted by atomic mass is 14.1. The molecule has 0 bridgehead atoms. The van der Waals surface area contributed by atoms with Crippen molar-refractivity contribution in [3.05, 3.63) is 23.3 Å². The van der Waals surface area contributed by atoms with Gasteiger partial charge in [0.1, 0.15) is 0 Å². The van der Waals surface area contributed by atoms with Gasteiger partial charge in [-0.25, -0.2) is 0 Å². The Balaban J connectivity index is 3.95. The van der Waals surface area contributed by atoms with E-state index in [0.717, 1.165) is 5.92 Å². The van der Waals surface area contributed by atoms with Gasteiger partial charge < -0.3 is 0 Å². The van der Waals surface area contributed by atoms with Crippen molar-refractivity contribution in [3.8, 4) is 0 Å². The van der Waals surface area contributed by atoms with E-state index in [9.17, 15) is 0 Å². The zero-order valence-corrected chi connectivity index (χ0v) is 13.4. The molecule has 0 saturated heterocycles. The second-order valence-electron chi connectivity index (χ2n) is 5.98. The van der Waals surface area contributed by atoms with Crippen molar-refractivity contribution in [1.82, 2.24) is 0 Å². The Morgan fingerprint density at radius 2 is 1.67 bits per heavy atom. The number of hydrogen-bond acceptors (Lipinski definition) is 0. The summed E-state index contributed by atoms with van der Waals surface area (Å²) in [5.41, 5.74) is 4.69. The molecule has 18 heavy (non-hydrogen) atoms. The fourth-order valence-corrected chi connectivity index (χ4v) is 2.53. The molecule has 0 aliphatic heterocycles. The van der Waals surface area contributed by atoms with Crippen LogP contribution in [-0.2, 0) is 0 Å². The van der Waals surface area contributed by atoms with Gasteiger partial charge in [0, 0.05) is 0 Å². The minimum Gasteiger partial charge on any atom is -0.100 e. The van der Waals surface area contributed by atoms with E-state index in [1.165, 1.54) is 56.9 Å².